The summed E-state index contributed by atoms with van der Waals surface area (Å²) in [5, 5.41) is 3.35. The minimum absolute atomic E-state index is 0.109. The minimum atomic E-state index is -3.54. The molecule has 0 saturated carbocycles. The molecule has 0 heterocycles. The van der Waals surface area contributed by atoms with E-state index in [1.165, 1.54) is 4.31 Å². The lowest BCUT2D eigenvalue weighted by atomic mass is 10.1. The van der Waals surface area contributed by atoms with Gasteiger partial charge in [-0.15, -0.1) is 0 Å². The number of carbonyl (C=O) groups is 2. The van der Waals surface area contributed by atoms with Crippen LogP contribution < -0.4 is 9.62 Å². The number of sulfonamides is 1. The molecule has 0 aliphatic heterocycles. The Bertz CT molecular complexity index is 1010. The molecular weight excluding hydrogens is 462 g/mol. The Balaban J connectivity index is 2.11. The lowest BCUT2D eigenvalue weighted by molar-refractivity contribution is -0.140. The number of nitrogens with one attached hydrogen (secondary N) is 1. The fraction of sp³-hybridized carbons (Fsp3) is 0.417. The van der Waals surface area contributed by atoms with Crippen LogP contribution in [0.15, 0.2) is 54.6 Å². The normalized spacial score (nSPS) is 12.1. The number of carbonyl (C=O) groups excluding carboxylic acids is 2. The highest BCUT2D eigenvalue weighted by Gasteiger charge is 2.26. The molecule has 1 atom stereocenters. The van der Waals surface area contributed by atoms with Gasteiger partial charge in [0.1, 0.15) is 6.04 Å². The molecular formula is C24H32ClN3O4S. The van der Waals surface area contributed by atoms with Gasteiger partial charge in [0.15, 0.2) is 0 Å². The SMILES string of the molecule is CCCNC(=O)[C@@H](C)N(Cc1ccccc1)C(=O)CCCN(c1ccc(Cl)cc1)S(C)(=O)=O. The van der Waals surface area contributed by atoms with E-state index in [1.807, 2.05) is 37.3 Å². The number of nitrogens with zero attached hydrogens (tertiary/aromatic N) is 2. The van der Waals surface area contributed by atoms with Crippen molar-refractivity contribution in [2.45, 2.75) is 45.7 Å². The zero-order valence-corrected chi connectivity index (χ0v) is 20.9. The smallest absolute Gasteiger partial charge is 0.242 e. The van der Waals surface area contributed by atoms with Gasteiger partial charge in [0.05, 0.1) is 11.9 Å². The van der Waals surface area contributed by atoms with Gasteiger partial charge in [0, 0.05) is 31.1 Å². The zero-order valence-electron chi connectivity index (χ0n) is 19.3. The number of hydrogen-bond acceptors (Lipinski definition) is 4. The lowest BCUT2D eigenvalue weighted by Gasteiger charge is -2.29. The molecule has 0 unspecified atom stereocenters. The summed E-state index contributed by atoms with van der Waals surface area (Å²) in [5.41, 5.74) is 1.41. The molecule has 0 radical (unpaired) electrons. The number of benzene rings is 2. The number of halogens is 1. The average molecular weight is 494 g/mol. The van der Waals surface area contributed by atoms with E-state index in [2.05, 4.69) is 5.32 Å². The van der Waals surface area contributed by atoms with Crippen LogP contribution in [-0.2, 0) is 26.2 Å². The minimum Gasteiger partial charge on any atom is -0.354 e. The Labute approximate surface area is 201 Å². The van der Waals surface area contributed by atoms with Crippen LogP contribution in [0.2, 0.25) is 5.02 Å². The Morgan fingerprint density at radius 1 is 1.06 bits per heavy atom. The van der Waals surface area contributed by atoms with E-state index in [0.717, 1.165) is 18.2 Å². The second kappa shape index (κ2) is 12.6. The summed E-state index contributed by atoms with van der Waals surface area (Å²) >= 11 is 5.91. The van der Waals surface area contributed by atoms with Crippen molar-refractivity contribution >= 4 is 39.1 Å². The molecule has 7 nitrogen and oxygen atoms in total. The van der Waals surface area contributed by atoms with Crippen LogP contribution in [0.1, 0.15) is 38.7 Å². The molecule has 0 saturated heterocycles. The quantitative estimate of drug-likeness (QED) is 0.486. The molecule has 0 aliphatic rings. The first-order chi connectivity index (χ1) is 15.6. The second-order valence-corrected chi connectivity index (χ2v) is 10.2. The summed E-state index contributed by atoms with van der Waals surface area (Å²) in [7, 11) is -3.54. The van der Waals surface area contributed by atoms with Gasteiger partial charge in [-0.2, -0.15) is 0 Å². The summed E-state index contributed by atoms with van der Waals surface area (Å²) in [5.74, 6) is -0.414. The van der Waals surface area contributed by atoms with Crippen molar-refractivity contribution in [3.63, 3.8) is 0 Å². The third kappa shape index (κ3) is 8.37. The van der Waals surface area contributed by atoms with E-state index < -0.39 is 16.1 Å². The van der Waals surface area contributed by atoms with Crippen molar-refractivity contribution < 1.29 is 18.0 Å². The van der Waals surface area contributed by atoms with Gasteiger partial charge in [-0.05, 0) is 49.6 Å². The highest BCUT2D eigenvalue weighted by molar-refractivity contribution is 7.92. The highest BCUT2D eigenvalue weighted by Crippen LogP contribution is 2.21. The maximum Gasteiger partial charge on any atom is 0.242 e. The molecule has 2 aromatic carbocycles. The molecule has 0 bridgehead atoms. The monoisotopic (exact) mass is 493 g/mol. The standard InChI is InChI=1S/C24H32ClN3O4S/c1-4-16-26-24(30)19(2)27(18-20-9-6-5-7-10-20)23(29)11-8-17-28(33(3,31)32)22-14-12-21(25)13-15-22/h5-7,9-10,12-15,19H,4,8,11,16-18H2,1-3H3,(H,26,30)/t19-/m1/s1. The molecule has 2 amide bonds. The van der Waals surface area contributed by atoms with E-state index in [0.29, 0.717) is 30.2 Å². The first-order valence-corrected chi connectivity index (χ1v) is 13.2. The molecule has 0 aromatic heterocycles. The first-order valence-electron chi connectivity index (χ1n) is 11.0. The Hall–Kier alpha value is -2.58. The van der Waals surface area contributed by atoms with Gasteiger partial charge in [-0.3, -0.25) is 13.9 Å². The predicted octanol–water partition coefficient (Wildman–Crippen LogP) is 3.83. The fourth-order valence-corrected chi connectivity index (χ4v) is 4.46. The Kier molecular flexibility index (Phi) is 10.2. The van der Waals surface area contributed by atoms with Crippen LogP contribution >= 0.6 is 11.6 Å². The molecule has 2 rings (SSSR count). The predicted molar refractivity (Wildman–Crippen MR) is 133 cm³/mol. The van der Waals surface area contributed by atoms with E-state index >= 15 is 0 Å². The maximum atomic E-state index is 13.1. The number of amides is 2. The van der Waals surface area contributed by atoms with Gasteiger partial charge >= 0.3 is 0 Å². The molecule has 1 N–H and O–H groups in total. The summed E-state index contributed by atoms with van der Waals surface area (Å²) in [6, 6.07) is 15.3. The van der Waals surface area contributed by atoms with Crippen molar-refractivity contribution in [3.05, 3.63) is 65.2 Å². The van der Waals surface area contributed by atoms with Crippen LogP contribution in [0.5, 0.6) is 0 Å². The third-order valence-corrected chi connectivity index (χ3v) is 6.63. The molecule has 0 aliphatic carbocycles. The van der Waals surface area contributed by atoms with Crippen LogP contribution in [0.25, 0.3) is 0 Å². The van der Waals surface area contributed by atoms with Crippen LogP contribution in [0, 0.1) is 0 Å². The van der Waals surface area contributed by atoms with Gasteiger partial charge in [-0.1, -0.05) is 48.9 Å². The van der Waals surface area contributed by atoms with Crippen LogP contribution in [0.4, 0.5) is 5.69 Å². The lowest BCUT2D eigenvalue weighted by Crippen LogP contribution is -2.47. The zero-order chi connectivity index (χ0) is 24.4. The summed E-state index contributed by atoms with van der Waals surface area (Å²) in [6.07, 6.45) is 2.35. The third-order valence-electron chi connectivity index (χ3n) is 5.18. The van der Waals surface area contributed by atoms with Gasteiger partial charge in [0.25, 0.3) is 0 Å². The molecule has 9 heteroatoms. The first kappa shape index (κ1) is 26.7. The van der Waals surface area contributed by atoms with E-state index in [1.54, 1.807) is 36.1 Å². The van der Waals surface area contributed by atoms with Crippen molar-refractivity contribution in [2.75, 3.05) is 23.7 Å². The highest BCUT2D eigenvalue weighted by atomic mass is 35.5. The van der Waals surface area contributed by atoms with Crippen molar-refractivity contribution in [1.82, 2.24) is 10.2 Å². The molecule has 0 spiro atoms. The van der Waals surface area contributed by atoms with Gasteiger partial charge < -0.3 is 10.2 Å². The summed E-state index contributed by atoms with van der Waals surface area (Å²) in [6.45, 7) is 4.66. The average Bonchev–Trinajstić information content (AvgIpc) is 2.78. The maximum absolute atomic E-state index is 13.1. The van der Waals surface area contributed by atoms with Gasteiger partial charge in [0.2, 0.25) is 21.8 Å². The topological polar surface area (TPSA) is 86.8 Å². The largest absolute Gasteiger partial charge is 0.354 e. The van der Waals surface area contributed by atoms with E-state index in [9.17, 15) is 18.0 Å². The van der Waals surface area contributed by atoms with Crippen molar-refractivity contribution in [2.24, 2.45) is 0 Å². The molecule has 180 valence electrons. The number of rotatable bonds is 12. The van der Waals surface area contributed by atoms with E-state index in [-0.39, 0.29) is 24.8 Å². The van der Waals surface area contributed by atoms with Crippen LogP contribution in [0.3, 0.4) is 0 Å². The molecule has 33 heavy (non-hydrogen) atoms. The Morgan fingerprint density at radius 3 is 2.27 bits per heavy atom. The molecule has 2 aromatic rings. The summed E-state index contributed by atoms with van der Waals surface area (Å²) in [4.78, 5) is 27.2. The molecule has 0 fully saturated rings. The fourth-order valence-electron chi connectivity index (χ4n) is 3.37. The Morgan fingerprint density at radius 2 is 1.70 bits per heavy atom. The van der Waals surface area contributed by atoms with Crippen molar-refractivity contribution in [1.29, 1.82) is 0 Å². The van der Waals surface area contributed by atoms with E-state index in [4.69, 9.17) is 11.6 Å². The summed E-state index contributed by atoms with van der Waals surface area (Å²) < 4.78 is 25.9. The van der Waals surface area contributed by atoms with Crippen molar-refractivity contribution in [3.8, 4) is 0 Å². The second-order valence-electron chi connectivity index (χ2n) is 7.89. The van der Waals surface area contributed by atoms with Gasteiger partial charge in [-0.25, -0.2) is 8.42 Å². The number of anilines is 1. The number of hydrogen-bond donors (Lipinski definition) is 1. The van der Waals surface area contributed by atoms with Crippen LogP contribution in [-0.4, -0.2) is 50.5 Å².